The first-order valence-electron chi connectivity index (χ1n) is 8.91. The van der Waals surface area contributed by atoms with Gasteiger partial charge in [-0.1, -0.05) is 30.1 Å². The van der Waals surface area contributed by atoms with Crippen LogP contribution in [0.2, 0.25) is 10.0 Å². The monoisotopic (exact) mass is 433 g/mol. The van der Waals surface area contributed by atoms with Crippen LogP contribution in [0.15, 0.2) is 47.3 Å². The maximum Gasteiger partial charge on any atom is 0.257 e. The standard InChI is InChI=1S/C21H18Cl2FN3O2/c1-3-16-12(2)25-20(13-4-6-14(22)7-5-13)27(21(16)29)11-19(28)26-18-9-8-15(23)10-17(18)24/h4-10H,3,11H2,1-2H3,(H,26,28). The van der Waals surface area contributed by atoms with Crippen LogP contribution >= 0.6 is 23.2 Å². The van der Waals surface area contributed by atoms with Crippen molar-refractivity contribution in [3.63, 3.8) is 0 Å². The van der Waals surface area contributed by atoms with Gasteiger partial charge in [0.1, 0.15) is 18.2 Å². The van der Waals surface area contributed by atoms with Crippen LogP contribution in [-0.4, -0.2) is 15.5 Å². The Morgan fingerprint density at radius 2 is 1.79 bits per heavy atom. The molecule has 0 aliphatic carbocycles. The predicted octanol–water partition coefficient (Wildman–Crippen LogP) is 4.87. The van der Waals surface area contributed by atoms with E-state index in [2.05, 4.69) is 10.3 Å². The van der Waals surface area contributed by atoms with Crippen LogP contribution in [-0.2, 0) is 17.8 Å². The van der Waals surface area contributed by atoms with Gasteiger partial charge in [0.25, 0.3) is 5.56 Å². The molecule has 0 spiro atoms. The Bertz CT molecular complexity index is 1130. The first-order chi connectivity index (χ1) is 13.8. The molecule has 1 heterocycles. The van der Waals surface area contributed by atoms with Gasteiger partial charge in [0.05, 0.1) is 5.69 Å². The molecule has 3 rings (SSSR count). The highest BCUT2D eigenvalue weighted by molar-refractivity contribution is 6.30. The number of hydrogen-bond acceptors (Lipinski definition) is 3. The van der Waals surface area contributed by atoms with Crippen molar-refractivity contribution in [3.8, 4) is 11.4 Å². The molecule has 5 nitrogen and oxygen atoms in total. The van der Waals surface area contributed by atoms with Crippen molar-refractivity contribution in [1.29, 1.82) is 0 Å². The summed E-state index contributed by atoms with van der Waals surface area (Å²) in [6.45, 7) is 3.28. The van der Waals surface area contributed by atoms with Gasteiger partial charge in [0.2, 0.25) is 5.91 Å². The summed E-state index contributed by atoms with van der Waals surface area (Å²) in [5.41, 5.74) is 1.44. The molecule has 0 saturated heterocycles. The Kier molecular flexibility index (Phi) is 6.35. The zero-order valence-corrected chi connectivity index (χ0v) is 17.3. The van der Waals surface area contributed by atoms with E-state index >= 15 is 0 Å². The summed E-state index contributed by atoms with van der Waals surface area (Å²) in [6.07, 6.45) is 0.478. The molecule has 3 aromatic rings. The lowest BCUT2D eigenvalue weighted by Crippen LogP contribution is -2.32. The Morgan fingerprint density at radius 3 is 2.41 bits per heavy atom. The fraction of sp³-hybridized carbons (Fsp3) is 0.190. The van der Waals surface area contributed by atoms with E-state index in [4.69, 9.17) is 23.2 Å². The highest BCUT2D eigenvalue weighted by Crippen LogP contribution is 2.21. The number of aryl methyl sites for hydroxylation is 1. The van der Waals surface area contributed by atoms with Gasteiger partial charge in [-0.3, -0.25) is 14.2 Å². The van der Waals surface area contributed by atoms with Crippen LogP contribution in [0.5, 0.6) is 0 Å². The number of benzene rings is 2. The van der Waals surface area contributed by atoms with Crippen molar-refractivity contribution in [2.24, 2.45) is 0 Å². The summed E-state index contributed by atoms with van der Waals surface area (Å²) in [5, 5.41) is 3.23. The van der Waals surface area contributed by atoms with Gasteiger partial charge in [-0.15, -0.1) is 0 Å². The van der Waals surface area contributed by atoms with E-state index in [0.29, 0.717) is 34.1 Å². The highest BCUT2D eigenvalue weighted by atomic mass is 35.5. The number of nitrogens with zero attached hydrogens (tertiary/aromatic N) is 2. The molecule has 1 N–H and O–H groups in total. The molecule has 0 unspecified atom stereocenters. The van der Waals surface area contributed by atoms with Crippen molar-refractivity contribution in [2.75, 3.05) is 5.32 Å². The molecule has 29 heavy (non-hydrogen) atoms. The van der Waals surface area contributed by atoms with Gasteiger partial charge >= 0.3 is 0 Å². The van der Waals surface area contributed by atoms with Crippen molar-refractivity contribution >= 4 is 34.8 Å². The van der Waals surface area contributed by atoms with Gasteiger partial charge in [-0.25, -0.2) is 9.37 Å². The average molecular weight is 434 g/mol. The van der Waals surface area contributed by atoms with E-state index < -0.39 is 11.7 Å². The number of carbonyl (C=O) groups excluding carboxylic acids is 1. The SMILES string of the molecule is CCc1c(C)nc(-c2ccc(Cl)cc2)n(CC(=O)Nc2ccc(Cl)cc2F)c1=O. The first-order valence-corrected chi connectivity index (χ1v) is 9.67. The van der Waals surface area contributed by atoms with Gasteiger partial charge in [0, 0.05) is 26.9 Å². The Balaban J connectivity index is 2.01. The Labute approximate surface area is 177 Å². The predicted molar refractivity (Wildman–Crippen MR) is 113 cm³/mol. The van der Waals surface area contributed by atoms with E-state index in [0.717, 1.165) is 6.07 Å². The molecule has 1 aromatic heterocycles. The quantitative estimate of drug-likeness (QED) is 0.624. The third kappa shape index (κ3) is 4.66. The van der Waals surface area contributed by atoms with Gasteiger partial charge in [-0.2, -0.15) is 0 Å². The van der Waals surface area contributed by atoms with Crippen LogP contribution < -0.4 is 10.9 Å². The summed E-state index contributed by atoms with van der Waals surface area (Å²) >= 11 is 11.7. The third-order valence-electron chi connectivity index (χ3n) is 4.43. The number of rotatable bonds is 5. The maximum atomic E-state index is 14.0. The van der Waals surface area contributed by atoms with Gasteiger partial charge in [-0.05, 0) is 55.8 Å². The topological polar surface area (TPSA) is 64.0 Å². The van der Waals surface area contributed by atoms with Crippen LogP contribution in [0.25, 0.3) is 11.4 Å². The molecular weight excluding hydrogens is 416 g/mol. The molecular formula is C21H18Cl2FN3O2. The number of halogens is 3. The molecule has 0 aliphatic heterocycles. The second-order valence-electron chi connectivity index (χ2n) is 6.42. The van der Waals surface area contributed by atoms with Crippen molar-refractivity contribution in [3.05, 3.63) is 79.9 Å². The summed E-state index contributed by atoms with van der Waals surface area (Å²) in [5.74, 6) is -0.878. The molecule has 0 fully saturated rings. The minimum Gasteiger partial charge on any atom is -0.322 e. The van der Waals surface area contributed by atoms with Crippen LogP contribution in [0, 0.1) is 12.7 Å². The minimum atomic E-state index is -0.660. The summed E-state index contributed by atoms with van der Waals surface area (Å²) in [4.78, 5) is 30.1. The summed E-state index contributed by atoms with van der Waals surface area (Å²) in [7, 11) is 0. The molecule has 8 heteroatoms. The normalized spacial score (nSPS) is 10.8. The summed E-state index contributed by atoms with van der Waals surface area (Å²) in [6, 6.07) is 10.7. The Morgan fingerprint density at radius 1 is 1.14 bits per heavy atom. The molecule has 0 saturated carbocycles. The largest absolute Gasteiger partial charge is 0.322 e. The molecule has 0 atom stereocenters. The van der Waals surface area contributed by atoms with Crippen molar-refractivity contribution in [2.45, 2.75) is 26.8 Å². The second kappa shape index (κ2) is 8.76. The Hall–Kier alpha value is -2.70. The van der Waals surface area contributed by atoms with E-state index in [9.17, 15) is 14.0 Å². The molecule has 0 bridgehead atoms. The van der Waals surface area contributed by atoms with Crippen molar-refractivity contribution in [1.82, 2.24) is 9.55 Å². The number of nitrogens with one attached hydrogen (secondary N) is 1. The van der Waals surface area contributed by atoms with E-state index in [1.165, 1.54) is 16.7 Å². The molecule has 2 aromatic carbocycles. The van der Waals surface area contributed by atoms with Crippen LogP contribution in [0.1, 0.15) is 18.2 Å². The summed E-state index contributed by atoms with van der Waals surface area (Å²) < 4.78 is 15.3. The van der Waals surface area contributed by atoms with E-state index in [1.807, 2.05) is 6.92 Å². The zero-order chi connectivity index (χ0) is 21.1. The van der Waals surface area contributed by atoms with Crippen LogP contribution in [0.3, 0.4) is 0 Å². The van der Waals surface area contributed by atoms with Gasteiger partial charge in [0.15, 0.2) is 0 Å². The lowest BCUT2D eigenvalue weighted by atomic mass is 10.1. The number of carbonyl (C=O) groups is 1. The third-order valence-corrected chi connectivity index (χ3v) is 4.92. The highest BCUT2D eigenvalue weighted by Gasteiger charge is 2.18. The number of amides is 1. The second-order valence-corrected chi connectivity index (χ2v) is 7.30. The molecule has 0 aliphatic rings. The van der Waals surface area contributed by atoms with E-state index in [-0.39, 0.29) is 22.8 Å². The minimum absolute atomic E-state index is 0.0173. The van der Waals surface area contributed by atoms with Crippen molar-refractivity contribution < 1.29 is 9.18 Å². The average Bonchev–Trinajstić information content (AvgIpc) is 2.67. The number of hydrogen-bond donors (Lipinski definition) is 1. The number of aromatic nitrogens is 2. The maximum absolute atomic E-state index is 14.0. The molecule has 0 radical (unpaired) electrons. The van der Waals surface area contributed by atoms with Crippen LogP contribution in [0.4, 0.5) is 10.1 Å². The first kappa shape index (κ1) is 21.0. The van der Waals surface area contributed by atoms with E-state index in [1.54, 1.807) is 31.2 Å². The molecule has 1 amide bonds. The lowest BCUT2D eigenvalue weighted by molar-refractivity contribution is -0.116. The zero-order valence-electron chi connectivity index (χ0n) is 15.8. The molecule has 150 valence electrons. The van der Waals surface area contributed by atoms with Gasteiger partial charge < -0.3 is 5.32 Å². The smallest absolute Gasteiger partial charge is 0.257 e. The number of anilines is 1. The fourth-order valence-corrected chi connectivity index (χ4v) is 3.28. The fourth-order valence-electron chi connectivity index (χ4n) is 3.00. The lowest BCUT2D eigenvalue weighted by Gasteiger charge is -2.16.